The van der Waals surface area contributed by atoms with E-state index < -0.39 is 0 Å². The molecular formula is C15H26N2S. The van der Waals surface area contributed by atoms with Gasteiger partial charge in [0.25, 0.3) is 0 Å². The van der Waals surface area contributed by atoms with Crippen molar-refractivity contribution in [3.63, 3.8) is 0 Å². The second-order valence-electron chi connectivity index (χ2n) is 6.30. The van der Waals surface area contributed by atoms with E-state index in [2.05, 4.69) is 43.4 Å². The summed E-state index contributed by atoms with van der Waals surface area (Å²) < 4.78 is 3.33. The molecule has 2 unspecified atom stereocenters. The molecule has 3 heteroatoms. The second-order valence-corrected chi connectivity index (χ2v) is 6.69. The van der Waals surface area contributed by atoms with Gasteiger partial charge in [-0.3, -0.25) is 0 Å². The molecule has 2 atom stereocenters. The first-order valence-corrected chi connectivity index (χ1v) is 7.73. The van der Waals surface area contributed by atoms with Crippen molar-refractivity contribution >= 4 is 12.2 Å². The largest absolute Gasteiger partial charge is 0.337 e. The van der Waals surface area contributed by atoms with Crippen LogP contribution in [0.15, 0.2) is 6.20 Å². The van der Waals surface area contributed by atoms with E-state index in [0.717, 1.165) is 16.6 Å². The molecule has 0 radical (unpaired) electrons. The molecule has 1 saturated carbocycles. The molecule has 0 aromatic carbocycles. The Morgan fingerprint density at radius 1 is 1.22 bits per heavy atom. The van der Waals surface area contributed by atoms with Crippen molar-refractivity contribution in [1.82, 2.24) is 9.55 Å². The van der Waals surface area contributed by atoms with Crippen molar-refractivity contribution in [3.05, 3.63) is 16.7 Å². The summed E-state index contributed by atoms with van der Waals surface area (Å²) in [7, 11) is 0. The van der Waals surface area contributed by atoms with Crippen LogP contribution in [0.1, 0.15) is 71.0 Å². The molecule has 2 nitrogen and oxygen atoms in total. The van der Waals surface area contributed by atoms with Crippen molar-refractivity contribution in [3.8, 4) is 0 Å². The molecule has 1 N–H and O–H groups in total. The Bertz CT molecular complexity index is 442. The number of aromatic nitrogens is 2. The monoisotopic (exact) mass is 266 g/mol. The van der Waals surface area contributed by atoms with Crippen molar-refractivity contribution in [1.29, 1.82) is 0 Å². The Labute approximate surface area is 116 Å². The summed E-state index contributed by atoms with van der Waals surface area (Å²) >= 11 is 5.52. The number of nitrogens with zero attached hydrogens (tertiary/aromatic N) is 1. The fraction of sp³-hybridized carbons (Fsp3) is 0.800. The van der Waals surface area contributed by atoms with Crippen LogP contribution in [0.25, 0.3) is 0 Å². The minimum atomic E-state index is 0.535. The summed E-state index contributed by atoms with van der Waals surface area (Å²) in [6.45, 7) is 9.21. The Kier molecular flexibility index (Phi) is 4.31. The van der Waals surface area contributed by atoms with E-state index >= 15 is 0 Å². The van der Waals surface area contributed by atoms with Gasteiger partial charge in [0.05, 0.1) is 0 Å². The van der Waals surface area contributed by atoms with Gasteiger partial charge in [-0.2, -0.15) is 0 Å². The Hall–Kier alpha value is -0.570. The van der Waals surface area contributed by atoms with E-state index in [1.165, 1.54) is 31.4 Å². The lowest BCUT2D eigenvalue weighted by Gasteiger charge is -2.36. The Balaban J connectivity index is 2.39. The molecule has 1 aliphatic carbocycles. The highest BCUT2D eigenvalue weighted by atomic mass is 32.1. The van der Waals surface area contributed by atoms with Crippen molar-refractivity contribution in [2.45, 2.75) is 65.3 Å². The van der Waals surface area contributed by atoms with E-state index in [1.807, 2.05) is 0 Å². The molecule has 18 heavy (non-hydrogen) atoms. The third-order valence-electron chi connectivity index (χ3n) is 4.40. The number of hydrogen-bond acceptors (Lipinski definition) is 1. The van der Waals surface area contributed by atoms with Crippen molar-refractivity contribution < 1.29 is 0 Å². The van der Waals surface area contributed by atoms with Gasteiger partial charge in [0.15, 0.2) is 4.77 Å². The summed E-state index contributed by atoms with van der Waals surface area (Å²) in [5, 5.41) is 0. The number of nitrogens with one attached hydrogen (secondary N) is 1. The first-order valence-electron chi connectivity index (χ1n) is 7.32. The van der Waals surface area contributed by atoms with E-state index in [4.69, 9.17) is 12.2 Å². The third kappa shape index (κ3) is 2.56. The second kappa shape index (κ2) is 5.60. The van der Waals surface area contributed by atoms with Gasteiger partial charge in [0.1, 0.15) is 0 Å². The van der Waals surface area contributed by atoms with Crippen LogP contribution in [-0.4, -0.2) is 9.55 Å². The summed E-state index contributed by atoms with van der Waals surface area (Å²) in [6, 6.07) is 0.606. The minimum absolute atomic E-state index is 0.535. The van der Waals surface area contributed by atoms with Gasteiger partial charge in [-0.1, -0.05) is 40.5 Å². The van der Waals surface area contributed by atoms with E-state index in [9.17, 15) is 0 Å². The van der Waals surface area contributed by atoms with Gasteiger partial charge in [0.2, 0.25) is 0 Å². The molecule has 1 heterocycles. The molecule has 0 bridgehead atoms. The summed E-state index contributed by atoms with van der Waals surface area (Å²) in [4.78, 5) is 3.25. The maximum absolute atomic E-state index is 5.52. The fourth-order valence-corrected chi connectivity index (χ4v) is 3.72. The van der Waals surface area contributed by atoms with Crippen LogP contribution in [0.2, 0.25) is 0 Å². The standard InChI is InChI=1S/C15H26N2S/c1-10(2)12-7-5-6-8-13(12)17-14(11(3)4)9-16-15(17)18/h9-13H,5-8H2,1-4H3,(H,16,18). The smallest absolute Gasteiger partial charge is 0.177 e. The topological polar surface area (TPSA) is 20.7 Å². The Morgan fingerprint density at radius 3 is 2.50 bits per heavy atom. The van der Waals surface area contributed by atoms with Gasteiger partial charge in [-0.25, -0.2) is 0 Å². The van der Waals surface area contributed by atoms with Crippen LogP contribution in [0, 0.1) is 16.6 Å². The zero-order chi connectivity index (χ0) is 13.3. The van der Waals surface area contributed by atoms with Crippen LogP contribution in [-0.2, 0) is 0 Å². The average Bonchev–Trinajstić information content (AvgIpc) is 2.71. The third-order valence-corrected chi connectivity index (χ3v) is 4.72. The molecular weight excluding hydrogens is 240 g/mol. The fourth-order valence-electron chi connectivity index (χ4n) is 3.42. The van der Waals surface area contributed by atoms with Crippen molar-refractivity contribution in [2.75, 3.05) is 0 Å². The van der Waals surface area contributed by atoms with Crippen LogP contribution in [0.5, 0.6) is 0 Å². The predicted molar refractivity (Wildman–Crippen MR) is 79.5 cm³/mol. The SMILES string of the molecule is CC(C)c1c[nH]c(=S)n1C1CCCCC1C(C)C. The highest BCUT2D eigenvalue weighted by Crippen LogP contribution is 2.40. The molecule has 0 spiro atoms. The zero-order valence-electron chi connectivity index (χ0n) is 12.1. The van der Waals surface area contributed by atoms with Crippen molar-refractivity contribution in [2.24, 2.45) is 11.8 Å². The molecule has 0 saturated heterocycles. The summed E-state index contributed by atoms with van der Waals surface area (Å²) in [5.41, 5.74) is 1.37. The van der Waals surface area contributed by atoms with Gasteiger partial charge >= 0.3 is 0 Å². The number of aromatic amines is 1. The van der Waals surface area contributed by atoms with Gasteiger partial charge in [-0.05, 0) is 42.8 Å². The van der Waals surface area contributed by atoms with Crippen LogP contribution < -0.4 is 0 Å². The predicted octanol–water partition coefficient (Wildman–Crippen LogP) is 5.06. The first kappa shape index (κ1) is 13.9. The van der Waals surface area contributed by atoms with E-state index in [-0.39, 0.29) is 0 Å². The lowest BCUT2D eigenvalue weighted by molar-refractivity contribution is 0.179. The van der Waals surface area contributed by atoms with Crippen LogP contribution in [0.3, 0.4) is 0 Å². The van der Waals surface area contributed by atoms with Gasteiger partial charge in [-0.15, -0.1) is 0 Å². The number of rotatable bonds is 3. The van der Waals surface area contributed by atoms with Gasteiger partial charge < -0.3 is 9.55 Å². The highest BCUT2D eigenvalue weighted by molar-refractivity contribution is 7.71. The lowest BCUT2D eigenvalue weighted by atomic mass is 9.77. The molecule has 1 aromatic rings. The zero-order valence-corrected chi connectivity index (χ0v) is 12.9. The maximum atomic E-state index is 5.52. The highest BCUT2D eigenvalue weighted by Gasteiger charge is 2.30. The molecule has 1 fully saturated rings. The quantitative estimate of drug-likeness (QED) is 0.759. The molecule has 1 aromatic heterocycles. The van der Waals surface area contributed by atoms with E-state index in [1.54, 1.807) is 0 Å². The molecule has 2 rings (SSSR count). The minimum Gasteiger partial charge on any atom is -0.337 e. The normalized spacial score (nSPS) is 25.0. The molecule has 1 aliphatic rings. The Morgan fingerprint density at radius 2 is 1.89 bits per heavy atom. The average molecular weight is 266 g/mol. The maximum Gasteiger partial charge on any atom is 0.177 e. The number of H-pyrrole nitrogens is 1. The number of hydrogen-bond donors (Lipinski definition) is 1. The molecule has 102 valence electrons. The lowest BCUT2D eigenvalue weighted by Crippen LogP contribution is -2.28. The molecule has 0 amide bonds. The first-order chi connectivity index (χ1) is 8.52. The van der Waals surface area contributed by atoms with E-state index in [0.29, 0.717) is 12.0 Å². The van der Waals surface area contributed by atoms with Crippen LogP contribution >= 0.6 is 12.2 Å². The number of imidazole rings is 1. The summed E-state index contributed by atoms with van der Waals surface area (Å²) in [5.74, 6) is 2.05. The van der Waals surface area contributed by atoms with Gasteiger partial charge in [0, 0.05) is 17.9 Å². The summed E-state index contributed by atoms with van der Waals surface area (Å²) in [6.07, 6.45) is 7.48. The molecule has 0 aliphatic heterocycles. The van der Waals surface area contributed by atoms with Crippen LogP contribution in [0.4, 0.5) is 0 Å².